The minimum Gasteiger partial charge on any atom is -0.287 e. The topological polar surface area (TPSA) is 17.1 Å². The first-order valence-corrected chi connectivity index (χ1v) is 4.65. The number of alkyl halides is 3. The van der Waals surface area contributed by atoms with E-state index in [1.54, 1.807) is 0 Å². The van der Waals surface area contributed by atoms with Gasteiger partial charge >= 0.3 is 0 Å². The number of carbonyl (C=O) groups excluding carboxylic acids is 1. The van der Waals surface area contributed by atoms with Crippen LogP contribution < -0.4 is 0 Å². The SMILES string of the molecule is CCCCC(Cl)C(Cl)(Cl)[C]=O. The van der Waals surface area contributed by atoms with E-state index in [1.165, 1.54) is 6.29 Å². The molecule has 0 aliphatic rings. The van der Waals surface area contributed by atoms with Crippen molar-refractivity contribution in [3.8, 4) is 0 Å². The second-order valence-corrected chi connectivity index (χ2v) is 4.25. The Hall–Kier alpha value is 0.540. The zero-order valence-corrected chi connectivity index (χ0v) is 8.51. The molecule has 1 nitrogen and oxygen atoms in total. The molecular weight excluding hydrogens is 206 g/mol. The van der Waals surface area contributed by atoms with Crippen LogP contribution in [0.4, 0.5) is 0 Å². The molecule has 0 aromatic rings. The Balaban J connectivity index is 3.80. The fourth-order valence-electron chi connectivity index (χ4n) is 0.629. The molecule has 0 aromatic heterocycles. The van der Waals surface area contributed by atoms with Crippen molar-refractivity contribution >= 4 is 41.1 Å². The quantitative estimate of drug-likeness (QED) is 0.646. The molecule has 11 heavy (non-hydrogen) atoms. The summed E-state index contributed by atoms with van der Waals surface area (Å²) in [5.41, 5.74) is 0. The molecule has 0 amide bonds. The van der Waals surface area contributed by atoms with E-state index in [1.807, 2.05) is 6.92 Å². The zero-order chi connectivity index (χ0) is 8.91. The maximum Gasteiger partial charge on any atom is 0.239 e. The minimum absolute atomic E-state index is 0.539. The minimum atomic E-state index is -1.54. The van der Waals surface area contributed by atoms with Crippen LogP contribution in [0.25, 0.3) is 0 Å². The van der Waals surface area contributed by atoms with E-state index in [-0.39, 0.29) is 0 Å². The van der Waals surface area contributed by atoms with Gasteiger partial charge < -0.3 is 0 Å². The maximum atomic E-state index is 10.2. The van der Waals surface area contributed by atoms with Crippen LogP contribution in [0.1, 0.15) is 26.2 Å². The summed E-state index contributed by atoms with van der Waals surface area (Å²) in [6.45, 7) is 2.03. The fourth-order valence-corrected chi connectivity index (χ4v) is 1.05. The number of rotatable bonds is 5. The molecule has 0 aromatic carbocycles. The lowest BCUT2D eigenvalue weighted by molar-refractivity contribution is 0.540. The molecule has 0 bridgehead atoms. The van der Waals surface area contributed by atoms with E-state index in [2.05, 4.69) is 0 Å². The van der Waals surface area contributed by atoms with Gasteiger partial charge in [-0.15, -0.1) is 11.6 Å². The van der Waals surface area contributed by atoms with Gasteiger partial charge in [-0.1, -0.05) is 43.0 Å². The van der Waals surface area contributed by atoms with Crippen LogP contribution in [0.5, 0.6) is 0 Å². The summed E-state index contributed by atoms with van der Waals surface area (Å²) in [6, 6.07) is 0. The first-order chi connectivity index (χ1) is 5.04. The van der Waals surface area contributed by atoms with Crippen molar-refractivity contribution in [3.05, 3.63) is 0 Å². The lowest BCUT2D eigenvalue weighted by atomic mass is 10.1. The highest BCUT2D eigenvalue weighted by Crippen LogP contribution is 2.30. The van der Waals surface area contributed by atoms with Gasteiger partial charge in [-0.3, -0.25) is 4.79 Å². The van der Waals surface area contributed by atoms with Crippen LogP contribution >= 0.6 is 34.8 Å². The fraction of sp³-hybridized carbons (Fsp3) is 0.857. The molecule has 0 spiro atoms. The van der Waals surface area contributed by atoms with Crippen LogP contribution in [0.3, 0.4) is 0 Å². The monoisotopic (exact) mass is 215 g/mol. The average molecular weight is 217 g/mol. The summed E-state index contributed by atoms with van der Waals surface area (Å²) in [5.74, 6) is 0. The van der Waals surface area contributed by atoms with Gasteiger partial charge in [0.15, 0.2) is 4.33 Å². The van der Waals surface area contributed by atoms with Crippen LogP contribution in [0.15, 0.2) is 0 Å². The lowest BCUT2D eigenvalue weighted by Crippen LogP contribution is -2.27. The molecule has 0 saturated carbocycles. The van der Waals surface area contributed by atoms with Crippen LogP contribution in [-0.2, 0) is 4.79 Å². The molecule has 0 saturated heterocycles. The number of hydrogen-bond acceptors (Lipinski definition) is 1. The largest absolute Gasteiger partial charge is 0.287 e. The van der Waals surface area contributed by atoms with Gasteiger partial charge in [0, 0.05) is 0 Å². The summed E-state index contributed by atoms with van der Waals surface area (Å²) >= 11 is 16.8. The Labute approximate surface area is 82.0 Å². The molecule has 0 N–H and O–H groups in total. The van der Waals surface area contributed by atoms with Crippen molar-refractivity contribution in [1.29, 1.82) is 0 Å². The van der Waals surface area contributed by atoms with Crippen LogP contribution in [0.2, 0.25) is 0 Å². The third-order valence-corrected chi connectivity index (χ3v) is 2.79. The zero-order valence-electron chi connectivity index (χ0n) is 6.24. The van der Waals surface area contributed by atoms with Crippen molar-refractivity contribution in [2.45, 2.75) is 35.9 Å². The normalized spacial score (nSPS) is 14.5. The van der Waals surface area contributed by atoms with Crippen LogP contribution in [-0.4, -0.2) is 16.0 Å². The molecule has 4 heteroatoms. The van der Waals surface area contributed by atoms with Gasteiger partial charge in [-0.2, -0.15) is 0 Å². The molecule has 65 valence electrons. The second-order valence-electron chi connectivity index (χ2n) is 2.33. The molecule has 0 aliphatic carbocycles. The average Bonchev–Trinajstić information content (AvgIpc) is 2.00. The van der Waals surface area contributed by atoms with E-state index < -0.39 is 9.71 Å². The van der Waals surface area contributed by atoms with Crippen molar-refractivity contribution in [3.63, 3.8) is 0 Å². The number of unbranched alkanes of at least 4 members (excludes halogenated alkanes) is 1. The third kappa shape index (κ3) is 4.19. The first-order valence-electron chi connectivity index (χ1n) is 3.45. The Morgan fingerprint density at radius 2 is 2.09 bits per heavy atom. The van der Waals surface area contributed by atoms with Crippen molar-refractivity contribution in [2.24, 2.45) is 0 Å². The summed E-state index contributed by atoms with van der Waals surface area (Å²) in [6.07, 6.45) is 4.06. The molecule has 1 atom stereocenters. The molecule has 0 heterocycles. The summed E-state index contributed by atoms with van der Waals surface area (Å²) in [5, 5.41) is -0.539. The second kappa shape index (κ2) is 5.23. The van der Waals surface area contributed by atoms with Gasteiger partial charge in [0.2, 0.25) is 6.29 Å². The van der Waals surface area contributed by atoms with E-state index in [4.69, 9.17) is 34.8 Å². The van der Waals surface area contributed by atoms with E-state index in [9.17, 15) is 4.79 Å². The van der Waals surface area contributed by atoms with Crippen molar-refractivity contribution in [1.82, 2.24) is 0 Å². The summed E-state index contributed by atoms with van der Waals surface area (Å²) in [4.78, 5) is 10.2. The predicted molar refractivity (Wildman–Crippen MR) is 49.3 cm³/mol. The lowest BCUT2D eigenvalue weighted by Gasteiger charge is -2.16. The number of halogens is 3. The van der Waals surface area contributed by atoms with E-state index in [0.29, 0.717) is 6.42 Å². The molecule has 0 fully saturated rings. The maximum absolute atomic E-state index is 10.2. The van der Waals surface area contributed by atoms with Crippen molar-refractivity contribution in [2.75, 3.05) is 0 Å². The highest BCUT2D eigenvalue weighted by molar-refractivity contribution is 6.59. The Morgan fingerprint density at radius 1 is 1.55 bits per heavy atom. The van der Waals surface area contributed by atoms with Crippen molar-refractivity contribution < 1.29 is 4.79 Å². The molecule has 0 rings (SSSR count). The first kappa shape index (κ1) is 11.5. The summed E-state index contributed by atoms with van der Waals surface area (Å²) in [7, 11) is 0. The van der Waals surface area contributed by atoms with Gasteiger partial charge in [0.05, 0.1) is 5.38 Å². The predicted octanol–water partition coefficient (Wildman–Crippen LogP) is 3.07. The highest BCUT2D eigenvalue weighted by atomic mass is 35.5. The molecule has 0 aliphatic heterocycles. The number of hydrogen-bond donors (Lipinski definition) is 0. The van der Waals surface area contributed by atoms with E-state index in [0.717, 1.165) is 12.8 Å². The smallest absolute Gasteiger partial charge is 0.239 e. The molecule has 1 radical (unpaired) electrons. The van der Waals surface area contributed by atoms with Gasteiger partial charge in [-0.05, 0) is 6.42 Å². The standard InChI is InChI=1S/C7H10Cl3O/c1-2-3-4-6(8)7(9,10)5-11/h6H,2-4H2,1H3. The molecular formula is C7H10Cl3O. The highest BCUT2D eigenvalue weighted by Gasteiger charge is 2.33. The Kier molecular flexibility index (Phi) is 5.49. The third-order valence-electron chi connectivity index (χ3n) is 1.34. The van der Waals surface area contributed by atoms with Crippen LogP contribution in [0, 0.1) is 0 Å². The Bertz CT molecular complexity index is 125. The molecule has 1 unspecified atom stereocenters. The van der Waals surface area contributed by atoms with E-state index >= 15 is 0 Å². The summed E-state index contributed by atoms with van der Waals surface area (Å²) < 4.78 is -1.54. The van der Waals surface area contributed by atoms with Gasteiger partial charge in [-0.25, -0.2) is 0 Å². The van der Waals surface area contributed by atoms with Gasteiger partial charge in [0.1, 0.15) is 0 Å². The Morgan fingerprint density at radius 3 is 2.45 bits per heavy atom. The van der Waals surface area contributed by atoms with Gasteiger partial charge in [0.25, 0.3) is 0 Å².